The first kappa shape index (κ1) is 8.26. The molecule has 1 atom stereocenters. The maximum Gasteiger partial charge on any atom is 0.117 e. The van der Waals surface area contributed by atoms with Gasteiger partial charge >= 0.3 is 0 Å². The summed E-state index contributed by atoms with van der Waals surface area (Å²) >= 11 is 0. The van der Waals surface area contributed by atoms with E-state index in [1.807, 2.05) is 19.1 Å². The Kier molecular flexibility index (Phi) is 4.95. The van der Waals surface area contributed by atoms with Gasteiger partial charge in [0.1, 0.15) is 6.10 Å². The topological polar surface area (TPSA) is 20.2 Å². The van der Waals surface area contributed by atoms with Crippen LogP contribution in [0.3, 0.4) is 0 Å². The van der Waals surface area contributed by atoms with E-state index in [1.165, 1.54) is 0 Å². The SMILES string of the molecule is C#CC(O)C/C=C\CC. The van der Waals surface area contributed by atoms with Crippen LogP contribution in [0.1, 0.15) is 19.8 Å². The first-order chi connectivity index (χ1) is 4.31. The lowest BCUT2D eigenvalue weighted by Gasteiger charge is -1.94. The van der Waals surface area contributed by atoms with Crippen LogP contribution in [-0.2, 0) is 0 Å². The summed E-state index contributed by atoms with van der Waals surface area (Å²) in [6, 6.07) is 0. The second kappa shape index (κ2) is 5.40. The molecule has 0 fully saturated rings. The van der Waals surface area contributed by atoms with Gasteiger partial charge in [0.2, 0.25) is 0 Å². The summed E-state index contributed by atoms with van der Waals surface area (Å²) in [5.74, 6) is 2.23. The molecular weight excluding hydrogens is 112 g/mol. The highest BCUT2D eigenvalue weighted by Crippen LogP contribution is 1.91. The zero-order valence-corrected chi connectivity index (χ0v) is 5.67. The Labute approximate surface area is 56.4 Å². The van der Waals surface area contributed by atoms with Crippen LogP contribution < -0.4 is 0 Å². The Bertz CT molecular complexity index is 119. The molecule has 0 rings (SSSR count). The van der Waals surface area contributed by atoms with E-state index >= 15 is 0 Å². The van der Waals surface area contributed by atoms with E-state index in [9.17, 15) is 0 Å². The van der Waals surface area contributed by atoms with Crippen molar-refractivity contribution in [1.29, 1.82) is 0 Å². The normalized spacial score (nSPS) is 13.4. The Morgan fingerprint density at radius 1 is 1.67 bits per heavy atom. The molecule has 0 aromatic heterocycles. The van der Waals surface area contributed by atoms with Gasteiger partial charge in [-0.15, -0.1) is 6.42 Å². The van der Waals surface area contributed by atoms with Crippen molar-refractivity contribution in [2.45, 2.75) is 25.9 Å². The van der Waals surface area contributed by atoms with Gasteiger partial charge in [0.05, 0.1) is 0 Å². The zero-order chi connectivity index (χ0) is 7.11. The first-order valence-corrected chi connectivity index (χ1v) is 3.10. The summed E-state index contributed by atoms with van der Waals surface area (Å²) in [4.78, 5) is 0. The Hall–Kier alpha value is -0.740. The number of allylic oxidation sites excluding steroid dienone is 1. The van der Waals surface area contributed by atoms with Gasteiger partial charge in [-0.3, -0.25) is 0 Å². The monoisotopic (exact) mass is 124 g/mol. The quantitative estimate of drug-likeness (QED) is 0.444. The van der Waals surface area contributed by atoms with E-state index < -0.39 is 6.10 Å². The highest BCUT2D eigenvalue weighted by atomic mass is 16.3. The zero-order valence-electron chi connectivity index (χ0n) is 5.67. The number of hydrogen-bond acceptors (Lipinski definition) is 1. The molecule has 0 aliphatic heterocycles. The predicted octanol–water partition coefficient (Wildman–Crippen LogP) is 1.34. The molecule has 1 nitrogen and oxygen atoms in total. The van der Waals surface area contributed by atoms with Gasteiger partial charge in [-0.2, -0.15) is 0 Å². The molecule has 0 aromatic rings. The Balaban J connectivity index is 3.29. The fourth-order valence-corrected chi connectivity index (χ4v) is 0.460. The molecule has 0 bridgehead atoms. The summed E-state index contributed by atoms with van der Waals surface area (Å²) in [7, 11) is 0. The molecule has 0 aliphatic rings. The van der Waals surface area contributed by atoms with E-state index in [0.717, 1.165) is 6.42 Å². The van der Waals surface area contributed by atoms with Gasteiger partial charge in [-0.1, -0.05) is 25.0 Å². The second-order valence-electron chi connectivity index (χ2n) is 1.80. The van der Waals surface area contributed by atoms with Crippen LogP contribution in [0, 0.1) is 12.3 Å². The van der Waals surface area contributed by atoms with Crippen LogP contribution in [0.4, 0.5) is 0 Å². The third-order valence-corrected chi connectivity index (χ3v) is 0.954. The van der Waals surface area contributed by atoms with Crippen molar-refractivity contribution in [2.24, 2.45) is 0 Å². The van der Waals surface area contributed by atoms with Crippen molar-refractivity contribution in [3.8, 4) is 12.3 Å². The fraction of sp³-hybridized carbons (Fsp3) is 0.500. The summed E-state index contributed by atoms with van der Waals surface area (Å²) in [6.45, 7) is 2.04. The van der Waals surface area contributed by atoms with E-state index in [4.69, 9.17) is 11.5 Å². The van der Waals surface area contributed by atoms with Gasteiger partial charge < -0.3 is 5.11 Å². The maximum absolute atomic E-state index is 8.80. The molecule has 0 saturated heterocycles. The molecule has 1 heteroatoms. The molecule has 9 heavy (non-hydrogen) atoms. The minimum absolute atomic E-state index is 0.574. The molecule has 0 spiro atoms. The molecule has 0 saturated carbocycles. The molecule has 0 heterocycles. The van der Waals surface area contributed by atoms with Crippen LogP contribution in [0.15, 0.2) is 12.2 Å². The third kappa shape index (κ3) is 5.13. The second-order valence-corrected chi connectivity index (χ2v) is 1.80. The summed E-state index contributed by atoms with van der Waals surface area (Å²) in [6.07, 6.45) is 9.77. The average Bonchev–Trinajstić information content (AvgIpc) is 1.89. The lowest BCUT2D eigenvalue weighted by molar-refractivity contribution is 0.236. The van der Waals surface area contributed by atoms with Crippen molar-refractivity contribution in [2.75, 3.05) is 0 Å². The molecule has 0 aliphatic carbocycles. The first-order valence-electron chi connectivity index (χ1n) is 3.10. The molecule has 1 N–H and O–H groups in total. The Morgan fingerprint density at radius 2 is 2.33 bits per heavy atom. The number of terminal acetylenes is 1. The van der Waals surface area contributed by atoms with Gasteiger partial charge in [0, 0.05) is 6.42 Å². The molecular formula is C8H12O. The highest BCUT2D eigenvalue weighted by molar-refractivity contribution is 4.98. The van der Waals surface area contributed by atoms with Crippen LogP contribution in [-0.4, -0.2) is 11.2 Å². The van der Waals surface area contributed by atoms with Gasteiger partial charge in [-0.05, 0) is 6.42 Å². The molecule has 0 aromatic carbocycles. The summed E-state index contributed by atoms with van der Waals surface area (Å²) < 4.78 is 0. The molecule has 0 amide bonds. The molecule has 0 radical (unpaired) electrons. The van der Waals surface area contributed by atoms with Crippen molar-refractivity contribution >= 4 is 0 Å². The number of aliphatic hydroxyl groups excluding tert-OH is 1. The van der Waals surface area contributed by atoms with E-state index in [2.05, 4.69) is 5.92 Å². The van der Waals surface area contributed by atoms with Crippen LogP contribution in [0.25, 0.3) is 0 Å². The third-order valence-electron chi connectivity index (χ3n) is 0.954. The standard InChI is InChI=1S/C8H12O/c1-3-5-6-7-8(9)4-2/h2,5-6,8-9H,3,7H2,1H3/b6-5-. The number of rotatable bonds is 3. The van der Waals surface area contributed by atoms with Crippen LogP contribution >= 0.6 is 0 Å². The van der Waals surface area contributed by atoms with Crippen molar-refractivity contribution in [3.05, 3.63) is 12.2 Å². The van der Waals surface area contributed by atoms with E-state index in [1.54, 1.807) is 0 Å². The molecule has 1 unspecified atom stereocenters. The average molecular weight is 124 g/mol. The highest BCUT2D eigenvalue weighted by Gasteiger charge is 1.90. The van der Waals surface area contributed by atoms with Crippen molar-refractivity contribution in [1.82, 2.24) is 0 Å². The number of hydrogen-bond donors (Lipinski definition) is 1. The lowest BCUT2D eigenvalue weighted by atomic mass is 10.2. The van der Waals surface area contributed by atoms with Gasteiger partial charge in [0.25, 0.3) is 0 Å². The minimum Gasteiger partial charge on any atom is -0.380 e. The van der Waals surface area contributed by atoms with Crippen LogP contribution in [0.5, 0.6) is 0 Å². The Morgan fingerprint density at radius 3 is 2.78 bits per heavy atom. The molecule has 50 valence electrons. The maximum atomic E-state index is 8.80. The minimum atomic E-state index is -0.604. The van der Waals surface area contributed by atoms with Gasteiger partial charge in [0.15, 0.2) is 0 Å². The lowest BCUT2D eigenvalue weighted by Crippen LogP contribution is -1.98. The predicted molar refractivity (Wildman–Crippen MR) is 38.9 cm³/mol. The largest absolute Gasteiger partial charge is 0.380 e. The van der Waals surface area contributed by atoms with Crippen molar-refractivity contribution in [3.63, 3.8) is 0 Å². The number of aliphatic hydroxyl groups is 1. The van der Waals surface area contributed by atoms with Crippen molar-refractivity contribution < 1.29 is 5.11 Å². The van der Waals surface area contributed by atoms with E-state index in [0.29, 0.717) is 6.42 Å². The van der Waals surface area contributed by atoms with Crippen LogP contribution in [0.2, 0.25) is 0 Å². The van der Waals surface area contributed by atoms with Gasteiger partial charge in [-0.25, -0.2) is 0 Å². The fourth-order valence-electron chi connectivity index (χ4n) is 0.460. The summed E-state index contributed by atoms with van der Waals surface area (Å²) in [5.41, 5.74) is 0. The smallest absolute Gasteiger partial charge is 0.117 e. The summed E-state index contributed by atoms with van der Waals surface area (Å²) in [5, 5.41) is 8.80. The van der Waals surface area contributed by atoms with E-state index in [-0.39, 0.29) is 0 Å².